The topological polar surface area (TPSA) is 85.0 Å². The Morgan fingerprint density at radius 2 is 2.03 bits per heavy atom. The zero-order valence-electron chi connectivity index (χ0n) is 16.1. The second-order valence-electron chi connectivity index (χ2n) is 7.15. The van der Waals surface area contributed by atoms with E-state index in [1.54, 1.807) is 43.7 Å². The molecular weight excluding hydrogens is 399 g/mol. The summed E-state index contributed by atoms with van der Waals surface area (Å²) in [6.45, 7) is 1.75. The predicted molar refractivity (Wildman–Crippen MR) is 100 cm³/mol. The molecule has 0 spiro atoms. The van der Waals surface area contributed by atoms with Crippen LogP contribution in [-0.4, -0.2) is 50.2 Å². The number of aryl methyl sites for hydroxylation is 1. The van der Waals surface area contributed by atoms with Crippen molar-refractivity contribution in [3.63, 3.8) is 0 Å². The Kier molecular flexibility index (Phi) is 5.23. The first-order chi connectivity index (χ1) is 14.3. The average Bonchev–Trinajstić information content (AvgIpc) is 3.19. The van der Waals surface area contributed by atoms with Crippen LogP contribution in [-0.2, 0) is 4.79 Å². The molecule has 1 atom stereocenters. The number of likely N-dealkylation sites (tertiary alicyclic amines) is 1. The average molecular weight is 417 g/mol. The van der Waals surface area contributed by atoms with Crippen LogP contribution in [0.4, 0.5) is 13.2 Å². The fourth-order valence-corrected chi connectivity index (χ4v) is 3.59. The Balaban J connectivity index is 1.75. The Bertz CT molecular complexity index is 1050. The summed E-state index contributed by atoms with van der Waals surface area (Å²) in [5.74, 6) is -1.36. The van der Waals surface area contributed by atoms with Crippen LogP contribution in [0, 0.1) is 6.92 Å². The van der Waals surface area contributed by atoms with Crippen LogP contribution < -0.4 is 0 Å². The van der Waals surface area contributed by atoms with Gasteiger partial charge in [-0.3, -0.25) is 9.78 Å². The summed E-state index contributed by atoms with van der Waals surface area (Å²) < 4.78 is 44.2. The van der Waals surface area contributed by atoms with E-state index in [-0.39, 0.29) is 13.1 Å². The van der Waals surface area contributed by atoms with E-state index < -0.39 is 18.0 Å². The summed E-state index contributed by atoms with van der Waals surface area (Å²) in [5, 5.41) is 3.88. The normalized spacial score (nSPS) is 17.2. The fraction of sp³-hybridized carbons (Fsp3) is 0.350. The van der Waals surface area contributed by atoms with Gasteiger partial charge in [0.05, 0.1) is 17.0 Å². The van der Waals surface area contributed by atoms with Gasteiger partial charge in [0.2, 0.25) is 0 Å². The molecule has 30 heavy (non-hydrogen) atoms. The molecule has 1 aliphatic rings. The van der Waals surface area contributed by atoms with E-state index in [9.17, 15) is 18.0 Å². The highest BCUT2D eigenvalue weighted by Crippen LogP contribution is 2.35. The van der Waals surface area contributed by atoms with Gasteiger partial charge in [-0.05, 0) is 31.9 Å². The molecule has 1 fully saturated rings. The minimum absolute atomic E-state index is 0.0634. The number of pyridine rings is 1. The summed E-state index contributed by atoms with van der Waals surface area (Å²) in [6, 6.07) is 5.21. The molecule has 0 aliphatic carbocycles. The molecule has 1 unspecified atom stereocenters. The van der Waals surface area contributed by atoms with Gasteiger partial charge in [0.1, 0.15) is 0 Å². The molecular formula is C20H18F3N5O2. The third-order valence-electron chi connectivity index (χ3n) is 4.99. The Morgan fingerprint density at radius 1 is 1.27 bits per heavy atom. The summed E-state index contributed by atoms with van der Waals surface area (Å²) in [6.07, 6.45) is 0.931. The lowest BCUT2D eigenvalue weighted by Gasteiger charge is -2.33. The highest BCUT2D eigenvalue weighted by molar-refractivity contribution is 5.82. The number of halogens is 3. The molecule has 1 saturated heterocycles. The van der Waals surface area contributed by atoms with Gasteiger partial charge in [-0.25, -0.2) is 9.97 Å². The molecule has 0 saturated carbocycles. The number of rotatable bonds is 3. The highest BCUT2D eigenvalue weighted by Gasteiger charge is 2.44. The molecule has 0 radical (unpaired) electrons. The van der Waals surface area contributed by atoms with Crippen LogP contribution in [0.15, 0.2) is 41.3 Å². The van der Waals surface area contributed by atoms with Crippen molar-refractivity contribution < 1.29 is 22.5 Å². The van der Waals surface area contributed by atoms with Gasteiger partial charge in [-0.15, -0.1) is 0 Å². The smallest absolute Gasteiger partial charge is 0.356 e. The summed E-state index contributed by atoms with van der Waals surface area (Å²) >= 11 is 0. The monoisotopic (exact) mass is 417 g/mol. The van der Waals surface area contributed by atoms with Crippen molar-refractivity contribution in [3.05, 3.63) is 48.2 Å². The molecule has 7 nitrogen and oxygen atoms in total. The molecule has 10 heteroatoms. The van der Waals surface area contributed by atoms with Gasteiger partial charge in [0, 0.05) is 49.2 Å². The Hall–Kier alpha value is -3.30. The van der Waals surface area contributed by atoms with Gasteiger partial charge in [0.25, 0.3) is 0 Å². The first-order valence-corrected chi connectivity index (χ1v) is 9.40. The Morgan fingerprint density at radius 3 is 2.70 bits per heavy atom. The van der Waals surface area contributed by atoms with E-state index in [4.69, 9.17) is 4.52 Å². The van der Waals surface area contributed by atoms with Gasteiger partial charge in [-0.1, -0.05) is 5.16 Å². The van der Waals surface area contributed by atoms with Crippen molar-refractivity contribution in [1.82, 2.24) is 25.0 Å². The molecule has 3 aromatic rings. The number of aromatic nitrogens is 4. The second-order valence-corrected chi connectivity index (χ2v) is 7.15. The van der Waals surface area contributed by atoms with E-state index in [2.05, 4.69) is 20.1 Å². The number of carbonyl (C=O) groups is 1. The zero-order chi connectivity index (χ0) is 21.3. The third kappa shape index (κ3) is 4.03. The molecule has 0 bridgehead atoms. The van der Waals surface area contributed by atoms with Crippen molar-refractivity contribution in [1.29, 1.82) is 0 Å². The fourth-order valence-electron chi connectivity index (χ4n) is 3.59. The van der Waals surface area contributed by atoms with Crippen LogP contribution in [0.2, 0.25) is 0 Å². The lowest BCUT2D eigenvalue weighted by Crippen LogP contribution is -2.46. The highest BCUT2D eigenvalue weighted by atomic mass is 19.4. The SMILES string of the molecule is Cc1cc(-c2cnc(-c3ccncc3)nc2C2CCCN(C(=O)C(F)(F)F)C2)on1. The minimum Gasteiger partial charge on any atom is -0.356 e. The maximum atomic E-state index is 12.9. The number of piperidine rings is 1. The number of carbonyl (C=O) groups excluding carboxylic acids is 1. The first kappa shape index (κ1) is 20.0. The van der Waals surface area contributed by atoms with Gasteiger partial charge in [-0.2, -0.15) is 13.2 Å². The van der Waals surface area contributed by atoms with Crippen molar-refractivity contribution in [3.8, 4) is 22.7 Å². The molecule has 1 aliphatic heterocycles. The summed E-state index contributed by atoms with van der Waals surface area (Å²) in [5.41, 5.74) is 2.48. The van der Waals surface area contributed by atoms with E-state index >= 15 is 0 Å². The molecule has 156 valence electrons. The molecule has 4 heterocycles. The Labute approximate surface area is 170 Å². The summed E-state index contributed by atoms with van der Waals surface area (Å²) in [4.78, 5) is 25.7. The van der Waals surface area contributed by atoms with Crippen LogP contribution >= 0.6 is 0 Å². The number of hydrogen-bond donors (Lipinski definition) is 0. The number of amides is 1. The second kappa shape index (κ2) is 7.85. The van der Waals surface area contributed by atoms with Crippen molar-refractivity contribution in [2.45, 2.75) is 31.9 Å². The molecule has 0 aromatic carbocycles. The molecule has 4 rings (SSSR count). The van der Waals surface area contributed by atoms with E-state index in [0.717, 1.165) is 10.5 Å². The number of hydrogen-bond acceptors (Lipinski definition) is 6. The molecule has 3 aromatic heterocycles. The van der Waals surface area contributed by atoms with Crippen molar-refractivity contribution in [2.24, 2.45) is 0 Å². The maximum Gasteiger partial charge on any atom is 0.471 e. The maximum absolute atomic E-state index is 12.9. The standard InChI is InChI=1S/C20H18F3N5O2/c1-12-9-16(30-27-12)15-10-25-18(13-4-6-24-7-5-13)26-17(15)14-3-2-8-28(11-14)19(29)20(21,22)23/h4-7,9-10,14H,2-3,8,11H2,1H3. The zero-order valence-corrected chi connectivity index (χ0v) is 16.1. The number of nitrogens with zero attached hydrogens (tertiary/aromatic N) is 5. The van der Waals surface area contributed by atoms with Crippen molar-refractivity contribution in [2.75, 3.05) is 13.1 Å². The van der Waals surface area contributed by atoms with Crippen LogP contribution in [0.5, 0.6) is 0 Å². The van der Waals surface area contributed by atoms with Gasteiger partial charge in [0.15, 0.2) is 11.6 Å². The largest absolute Gasteiger partial charge is 0.471 e. The molecule has 1 amide bonds. The lowest BCUT2D eigenvalue weighted by molar-refractivity contribution is -0.186. The number of alkyl halides is 3. The van der Waals surface area contributed by atoms with Crippen LogP contribution in [0.25, 0.3) is 22.7 Å². The minimum atomic E-state index is -4.90. The van der Waals surface area contributed by atoms with Crippen LogP contribution in [0.1, 0.15) is 30.1 Å². The third-order valence-corrected chi connectivity index (χ3v) is 4.99. The van der Waals surface area contributed by atoms with Gasteiger partial charge < -0.3 is 9.42 Å². The lowest BCUT2D eigenvalue weighted by atomic mass is 9.91. The molecule has 0 N–H and O–H groups in total. The van der Waals surface area contributed by atoms with E-state index in [0.29, 0.717) is 41.4 Å². The van der Waals surface area contributed by atoms with Crippen LogP contribution in [0.3, 0.4) is 0 Å². The van der Waals surface area contributed by atoms with E-state index in [1.807, 2.05) is 0 Å². The van der Waals surface area contributed by atoms with Crippen molar-refractivity contribution >= 4 is 5.91 Å². The quantitative estimate of drug-likeness (QED) is 0.645. The summed E-state index contributed by atoms with van der Waals surface area (Å²) in [7, 11) is 0. The predicted octanol–water partition coefficient (Wildman–Crippen LogP) is 3.77. The first-order valence-electron chi connectivity index (χ1n) is 9.40. The van der Waals surface area contributed by atoms with Gasteiger partial charge >= 0.3 is 12.1 Å². The van der Waals surface area contributed by atoms with E-state index in [1.165, 1.54) is 0 Å².